The van der Waals surface area contributed by atoms with E-state index in [1.54, 1.807) is 30.7 Å². The van der Waals surface area contributed by atoms with Gasteiger partial charge in [0.05, 0.1) is 11.6 Å². The Morgan fingerprint density at radius 3 is 3.00 bits per heavy atom. The number of anilines is 1. The number of aromatic nitrogens is 1. The minimum Gasteiger partial charge on any atom is -0.464 e. The van der Waals surface area contributed by atoms with Gasteiger partial charge in [0.2, 0.25) is 5.88 Å². The Balaban J connectivity index is 2.02. The number of fused-ring (bicyclic) bond motifs is 1. The molecule has 84 valence electrons. The second kappa shape index (κ2) is 3.83. The van der Waals surface area contributed by atoms with E-state index in [9.17, 15) is 0 Å². The van der Waals surface area contributed by atoms with Crippen LogP contribution in [0.3, 0.4) is 0 Å². The van der Waals surface area contributed by atoms with Crippen molar-refractivity contribution in [3.05, 3.63) is 48.9 Å². The molecule has 0 spiro atoms. The van der Waals surface area contributed by atoms with Crippen LogP contribution in [0.5, 0.6) is 11.6 Å². The van der Waals surface area contributed by atoms with Crippen molar-refractivity contribution in [2.45, 2.75) is 0 Å². The average molecular weight is 226 g/mol. The Hall–Kier alpha value is -2.49. The average Bonchev–Trinajstić information content (AvgIpc) is 2.78. The van der Waals surface area contributed by atoms with E-state index >= 15 is 0 Å². The van der Waals surface area contributed by atoms with E-state index in [2.05, 4.69) is 4.98 Å². The molecule has 2 aromatic heterocycles. The summed E-state index contributed by atoms with van der Waals surface area (Å²) in [7, 11) is 0. The molecule has 0 aliphatic rings. The fourth-order valence-electron chi connectivity index (χ4n) is 1.64. The van der Waals surface area contributed by atoms with E-state index < -0.39 is 0 Å². The highest BCUT2D eigenvalue weighted by Gasteiger charge is 2.06. The third-order valence-electron chi connectivity index (χ3n) is 2.42. The lowest BCUT2D eigenvalue weighted by Gasteiger charge is -2.05. The molecule has 0 unspecified atom stereocenters. The van der Waals surface area contributed by atoms with Gasteiger partial charge in [-0.15, -0.1) is 0 Å². The first-order valence-electron chi connectivity index (χ1n) is 5.18. The SMILES string of the molecule is Nc1cccc(Oc2nccc3occc23)c1. The standard InChI is InChI=1S/C13H10N2O2/c14-9-2-1-3-10(8-9)17-13-11-5-7-16-12(11)4-6-15-13/h1-8H,14H2. The van der Waals surface area contributed by atoms with Crippen LogP contribution in [0, 0.1) is 0 Å². The van der Waals surface area contributed by atoms with Crippen LogP contribution in [0.15, 0.2) is 53.3 Å². The number of nitrogens with zero attached hydrogens (tertiary/aromatic N) is 1. The highest BCUT2D eigenvalue weighted by molar-refractivity contribution is 5.82. The van der Waals surface area contributed by atoms with E-state index in [0.29, 0.717) is 17.3 Å². The van der Waals surface area contributed by atoms with Crippen molar-refractivity contribution in [1.82, 2.24) is 4.98 Å². The first kappa shape index (κ1) is 9.72. The van der Waals surface area contributed by atoms with Gasteiger partial charge in [0, 0.05) is 18.0 Å². The van der Waals surface area contributed by atoms with Crippen molar-refractivity contribution >= 4 is 16.7 Å². The molecule has 0 saturated heterocycles. The van der Waals surface area contributed by atoms with Gasteiger partial charge in [-0.3, -0.25) is 0 Å². The molecule has 2 N–H and O–H groups in total. The fraction of sp³-hybridized carbons (Fsp3) is 0. The van der Waals surface area contributed by atoms with Crippen molar-refractivity contribution in [2.75, 3.05) is 5.73 Å². The zero-order valence-corrected chi connectivity index (χ0v) is 8.96. The largest absolute Gasteiger partial charge is 0.464 e. The summed E-state index contributed by atoms with van der Waals surface area (Å²) in [4.78, 5) is 4.18. The zero-order chi connectivity index (χ0) is 11.7. The van der Waals surface area contributed by atoms with Gasteiger partial charge in [0.15, 0.2) is 0 Å². The molecule has 2 heterocycles. The molecule has 0 fully saturated rings. The number of furan rings is 1. The second-order valence-electron chi connectivity index (χ2n) is 3.62. The third-order valence-corrected chi connectivity index (χ3v) is 2.42. The number of hydrogen-bond donors (Lipinski definition) is 1. The summed E-state index contributed by atoms with van der Waals surface area (Å²) in [5.74, 6) is 1.17. The molecule has 0 aliphatic carbocycles. The molecule has 3 aromatic rings. The quantitative estimate of drug-likeness (QED) is 0.681. The molecule has 17 heavy (non-hydrogen) atoms. The molecule has 3 rings (SSSR count). The van der Waals surface area contributed by atoms with Crippen molar-refractivity contribution in [3.63, 3.8) is 0 Å². The van der Waals surface area contributed by atoms with Gasteiger partial charge in [-0.25, -0.2) is 4.98 Å². The fourth-order valence-corrected chi connectivity index (χ4v) is 1.64. The second-order valence-corrected chi connectivity index (χ2v) is 3.62. The van der Waals surface area contributed by atoms with Gasteiger partial charge in [-0.05, 0) is 24.3 Å². The van der Waals surface area contributed by atoms with Gasteiger partial charge >= 0.3 is 0 Å². The molecule has 0 bridgehead atoms. The molecule has 0 amide bonds. The lowest BCUT2D eigenvalue weighted by molar-refractivity contribution is 0.469. The number of pyridine rings is 1. The lowest BCUT2D eigenvalue weighted by Crippen LogP contribution is -1.89. The van der Waals surface area contributed by atoms with Crippen LogP contribution in [0.2, 0.25) is 0 Å². The highest BCUT2D eigenvalue weighted by atomic mass is 16.5. The van der Waals surface area contributed by atoms with E-state index in [0.717, 1.165) is 11.0 Å². The van der Waals surface area contributed by atoms with E-state index in [1.807, 2.05) is 18.2 Å². The molecular weight excluding hydrogens is 216 g/mol. The van der Waals surface area contributed by atoms with Gasteiger partial charge in [0.1, 0.15) is 11.3 Å². The zero-order valence-electron chi connectivity index (χ0n) is 8.96. The predicted octanol–water partition coefficient (Wildman–Crippen LogP) is 3.20. The molecule has 4 heteroatoms. The van der Waals surface area contributed by atoms with Gasteiger partial charge in [0.25, 0.3) is 0 Å². The van der Waals surface area contributed by atoms with Crippen LogP contribution in [-0.2, 0) is 0 Å². The van der Waals surface area contributed by atoms with Gasteiger partial charge < -0.3 is 14.9 Å². The molecular formula is C13H10N2O2. The Labute approximate surface area is 97.6 Å². The Morgan fingerprint density at radius 2 is 2.12 bits per heavy atom. The first-order valence-corrected chi connectivity index (χ1v) is 5.18. The smallest absolute Gasteiger partial charge is 0.230 e. The summed E-state index contributed by atoms with van der Waals surface area (Å²) in [5.41, 5.74) is 7.09. The summed E-state index contributed by atoms with van der Waals surface area (Å²) in [5, 5.41) is 0.843. The minimum absolute atomic E-state index is 0.516. The van der Waals surface area contributed by atoms with Crippen LogP contribution in [0.1, 0.15) is 0 Å². The maximum absolute atomic E-state index is 5.69. The summed E-state index contributed by atoms with van der Waals surface area (Å²) < 4.78 is 11.0. The van der Waals surface area contributed by atoms with Crippen molar-refractivity contribution < 1.29 is 9.15 Å². The van der Waals surface area contributed by atoms with Gasteiger partial charge in [-0.2, -0.15) is 0 Å². The van der Waals surface area contributed by atoms with E-state index in [4.69, 9.17) is 14.9 Å². The molecule has 0 radical (unpaired) electrons. The minimum atomic E-state index is 0.516. The molecule has 1 aromatic carbocycles. The number of nitrogens with two attached hydrogens (primary N) is 1. The molecule has 0 atom stereocenters. The number of rotatable bonds is 2. The number of benzene rings is 1. The number of ether oxygens (including phenoxy) is 1. The summed E-state index contributed by atoms with van der Waals surface area (Å²) in [6.45, 7) is 0. The predicted molar refractivity (Wildman–Crippen MR) is 64.9 cm³/mol. The highest BCUT2D eigenvalue weighted by Crippen LogP contribution is 2.28. The third kappa shape index (κ3) is 1.80. The number of nitrogen functional groups attached to an aromatic ring is 1. The van der Waals surface area contributed by atoms with Crippen molar-refractivity contribution in [1.29, 1.82) is 0 Å². The normalized spacial score (nSPS) is 10.6. The lowest BCUT2D eigenvalue weighted by atomic mass is 10.3. The van der Waals surface area contributed by atoms with Crippen LogP contribution in [0.25, 0.3) is 11.0 Å². The van der Waals surface area contributed by atoms with Crippen molar-refractivity contribution in [2.24, 2.45) is 0 Å². The summed E-state index contributed by atoms with van der Waals surface area (Å²) in [6.07, 6.45) is 3.26. The van der Waals surface area contributed by atoms with Crippen molar-refractivity contribution in [3.8, 4) is 11.6 Å². The van der Waals surface area contributed by atoms with Crippen LogP contribution in [-0.4, -0.2) is 4.98 Å². The van der Waals surface area contributed by atoms with Gasteiger partial charge in [-0.1, -0.05) is 6.07 Å². The van der Waals surface area contributed by atoms with Crippen LogP contribution < -0.4 is 10.5 Å². The number of hydrogen-bond acceptors (Lipinski definition) is 4. The van der Waals surface area contributed by atoms with E-state index in [1.165, 1.54) is 0 Å². The Kier molecular flexibility index (Phi) is 2.19. The maximum atomic E-state index is 5.69. The maximum Gasteiger partial charge on any atom is 0.230 e. The van der Waals surface area contributed by atoms with Crippen LogP contribution >= 0.6 is 0 Å². The molecule has 0 aliphatic heterocycles. The van der Waals surface area contributed by atoms with E-state index in [-0.39, 0.29) is 0 Å². The topological polar surface area (TPSA) is 61.3 Å². The molecule has 4 nitrogen and oxygen atoms in total. The summed E-state index contributed by atoms with van der Waals surface area (Å²) >= 11 is 0. The Bertz CT molecular complexity index is 661. The molecule has 0 saturated carbocycles. The first-order chi connectivity index (χ1) is 8.33. The Morgan fingerprint density at radius 1 is 1.18 bits per heavy atom. The monoisotopic (exact) mass is 226 g/mol. The summed E-state index contributed by atoms with van der Waals surface area (Å²) in [6, 6.07) is 10.8. The van der Waals surface area contributed by atoms with Crippen LogP contribution in [0.4, 0.5) is 5.69 Å².